The van der Waals surface area contributed by atoms with Gasteiger partial charge in [0.1, 0.15) is 0 Å². The maximum absolute atomic E-state index is 5.49. The van der Waals surface area contributed by atoms with Crippen molar-refractivity contribution in [1.29, 1.82) is 0 Å². The van der Waals surface area contributed by atoms with Gasteiger partial charge in [0.15, 0.2) is 0 Å². The molecule has 1 rings (SSSR count). The van der Waals surface area contributed by atoms with Gasteiger partial charge in [0.2, 0.25) is 0 Å². The molecule has 0 unspecified atom stereocenters. The predicted octanol–water partition coefficient (Wildman–Crippen LogP) is -1.49. The van der Waals surface area contributed by atoms with Crippen LogP contribution in [0.4, 0.5) is 17.8 Å². The Labute approximate surface area is 64.3 Å². The minimum Gasteiger partial charge on any atom is -0.340 e. The van der Waals surface area contributed by atoms with Crippen LogP contribution in [-0.4, -0.2) is 17.0 Å². The summed E-state index contributed by atoms with van der Waals surface area (Å²) in [6.07, 6.45) is 0. The molecular formula is C5H11N6+. The number of anilines is 3. The van der Waals surface area contributed by atoms with Crippen LogP contribution in [0.15, 0.2) is 0 Å². The van der Waals surface area contributed by atoms with Gasteiger partial charge in [-0.15, -0.1) is 0 Å². The number of aromatic nitrogens is 3. The monoisotopic (exact) mass is 155 g/mol. The summed E-state index contributed by atoms with van der Waals surface area (Å²) in [5.74, 6) is 1.10. The molecule has 0 amide bonds. The van der Waals surface area contributed by atoms with Crippen molar-refractivity contribution in [3.8, 4) is 0 Å². The van der Waals surface area contributed by atoms with Crippen molar-refractivity contribution in [2.24, 2.45) is 7.05 Å². The maximum atomic E-state index is 5.49. The van der Waals surface area contributed by atoms with Crippen molar-refractivity contribution >= 4 is 17.8 Å². The van der Waals surface area contributed by atoms with E-state index < -0.39 is 0 Å². The lowest BCUT2D eigenvalue weighted by molar-refractivity contribution is -0.647. The molecule has 1 aromatic heterocycles. The highest BCUT2D eigenvalue weighted by Crippen LogP contribution is 1.98. The molecule has 0 atom stereocenters. The number of hydrogen-bond donors (Lipinski definition) is 3. The van der Waals surface area contributed by atoms with Gasteiger partial charge in [0.25, 0.3) is 0 Å². The fraction of sp³-hybridized carbons (Fsp3) is 0.400. The summed E-state index contributed by atoms with van der Waals surface area (Å²) in [6, 6.07) is 0. The third kappa shape index (κ3) is 1.28. The molecule has 5 N–H and O–H groups in total. The largest absolute Gasteiger partial charge is 0.340 e. The third-order valence-corrected chi connectivity index (χ3v) is 1.35. The highest BCUT2D eigenvalue weighted by Gasteiger charge is 2.09. The summed E-state index contributed by atoms with van der Waals surface area (Å²) in [7, 11) is 3.40. The first-order valence-corrected chi connectivity index (χ1v) is 3.12. The molecule has 1 aromatic rings. The Morgan fingerprint density at radius 2 is 1.73 bits per heavy atom. The van der Waals surface area contributed by atoms with E-state index >= 15 is 0 Å². The van der Waals surface area contributed by atoms with E-state index in [4.69, 9.17) is 11.5 Å². The van der Waals surface area contributed by atoms with E-state index in [1.165, 1.54) is 4.57 Å². The van der Waals surface area contributed by atoms with Gasteiger partial charge in [-0.25, -0.2) is 4.57 Å². The van der Waals surface area contributed by atoms with E-state index in [9.17, 15) is 0 Å². The second-order valence-corrected chi connectivity index (χ2v) is 2.07. The smallest absolute Gasteiger partial charge is 0.322 e. The van der Waals surface area contributed by atoms with Crippen LogP contribution < -0.4 is 21.4 Å². The van der Waals surface area contributed by atoms with Gasteiger partial charge in [-0.3, -0.25) is 0 Å². The van der Waals surface area contributed by atoms with Gasteiger partial charge < -0.3 is 16.8 Å². The van der Waals surface area contributed by atoms with Gasteiger partial charge in [-0.05, 0) is 0 Å². The fourth-order valence-electron chi connectivity index (χ4n) is 0.621. The molecule has 60 valence electrons. The van der Waals surface area contributed by atoms with E-state index in [-0.39, 0.29) is 0 Å². The van der Waals surface area contributed by atoms with Crippen LogP contribution in [0.5, 0.6) is 0 Å². The molecule has 0 saturated heterocycles. The van der Waals surface area contributed by atoms with Crippen molar-refractivity contribution in [2.75, 3.05) is 23.8 Å². The predicted molar refractivity (Wildman–Crippen MR) is 41.6 cm³/mol. The van der Waals surface area contributed by atoms with Crippen LogP contribution in [-0.2, 0) is 7.05 Å². The molecule has 0 saturated carbocycles. The van der Waals surface area contributed by atoms with Gasteiger partial charge >= 0.3 is 17.8 Å². The lowest BCUT2D eigenvalue weighted by Crippen LogP contribution is -2.38. The van der Waals surface area contributed by atoms with E-state index in [1.807, 2.05) is 0 Å². The average molecular weight is 155 g/mol. The number of nitrogens with zero attached hydrogens (tertiary/aromatic N) is 3. The van der Waals surface area contributed by atoms with Gasteiger partial charge in [0, 0.05) is 14.1 Å². The highest BCUT2D eigenvalue weighted by molar-refractivity contribution is 5.30. The molecule has 0 aliphatic heterocycles. The molecule has 0 fully saturated rings. The summed E-state index contributed by atoms with van der Waals surface area (Å²) >= 11 is 0. The number of nitrogens with two attached hydrogens (primary N) is 2. The van der Waals surface area contributed by atoms with E-state index in [2.05, 4.69) is 15.3 Å². The SMILES string of the molecule is CNc1nc(N)[n+](C)c(N)n1. The molecule has 0 aliphatic carbocycles. The topological polar surface area (TPSA) is 93.7 Å². The lowest BCUT2D eigenvalue weighted by atomic mass is 10.8. The van der Waals surface area contributed by atoms with Crippen molar-refractivity contribution in [2.45, 2.75) is 0 Å². The molecule has 0 spiro atoms. The number of nitrogens with one attached hydrogen (secondary N) is 1. The van der Waals surface area contributed by atoms with Gasteiger partial charge in [-0.2, -0.15) is 0 Å². The Morgan fingerprint density at radius 1 is 1.27 bits per heavy atom. The van der Waals surface area contributed by atoms with Crippen LogP contribution in [0.3, 0.4) is 0 Å². The summed E-state index contributed by atoms with van der Waals surface area (Å²) < 4.78 is 1.50. The van der Waals surface area contributed by atoms with Crippen LogP contribution in [0, 0.1) is 0 Å². The van der Waals surface area contributed by atoms with Crippen LogP contribution >= 0.6 is 0 Å². The Bertz CT molecular complexity index is 247. The second kappa shape index (κ2) is 2.57. The first-order valence-electron chi connectivity index (χ1n) is 3.12. The Kier molecular flexibility index (Phi) is 1.75. The summed E-state index contributed by atoms with van der Waals surface area (Å²) in [6.45, 7) is 0. The van der Waals surface area contributed by atoms with E-state index in [1.54, 1.807) is 14.1 Å². The van der Waals surface area contributed by atoms with Crippen LogP contribution in [0.25, 0.3) is 0 Å². The number of rotatable bonds is 1. The lowest BCUT2D eigenvalue weighted by Gasteiger charge is -1.99. The summed E-state index contributed by atoms with van der Waals surface area (Å²) in [4.78, 5) is 7.78. The minimum absolute atomic E-state index is 0.335. The Balaban J connectivity index is 3.21. The standard InChI is InChI=1S/C5H10N6/c1-8-5-9-3(6)11(2)4(7)10-5/h1-2H3,(H4,6,7,8,9,10)/p+1. The first kappa shape index (κ1) is 7.52. The minimum atomic E-state index is 0.335. The Morgan fingerprint density at radius 3 is 2.09 bits per heavy atom. The molecule has 6 heteroatoms. The molecular weight excluding hydrogens is 144 g/mol. The zero-order valence-electron chi connectivity index (χ0n) is 6.50. The maximum Gasteiger partial charge on any atom is 0.322 e. The molecule has 1 heterocycles. The van der Waals surface area contributed by atoms with Crippen molar-refractivity contribution in [1.82, 2.24) is 9.97 Å². The quantitative estimate of drug-likeness (QED) is 0.429. The number of nitrogen functional groups attached to an aromatic ring is 2. The van der Waals surface area contributed by atoms with Crippen LogP contribution in [0.1, 0.15) is 0 Å². The van der Waals surface area contributed by atoms with Crippen LogP contribution in [0.2, 0.25) is 0 Å². The van der Waals surface area contributed by atoms with Crippen molar-refractivity contribution in [3.63, 3.8) is 0 Å². The first-order chi connectivity index (χ1) is 5.15. The molecule has 0 aliphatic rings. The van der Waals surface area contributed by atoms with E-state index in [0.29, 0.717) is 17.8 Å². The van der Waals surface area contributed by atoms with Gasteiger partial charge in [-0.1, -0.05) is 9.97 Å². The normalized spacial score (nSPS) is 9.64. The number of hydrogen-bond acceptors (Lipinski definition) is 5. The second-order valence-electron chi connectivity index (χ2n) is 2.07. The molecule has 0 aromatic carbocycles. The molecule has 11 heavy (non-hydrogen) atoms. The zero-order chi connectivity index (χ0) is 8.43. The third-order valence-electron chi connectivity index (χ3n) is 1.35. The summed E-state index contributed by atoms with van der Waals surface area (Å²) in [5.41, 5.74) is 11.0. The fourth-order valence-corrected chi connectivity index (χ4v) is 0.621. The zero-order valence-corrected chi connectivity index (χ0v) is 6.50. The molecule has 6 nitrogen and oxygen atoms in total. The van der Waals surface area contributed by atoms with Gasteiger partial charge in [0.05, 0.1) is 0 Å². The highest BCUT2D eigenvalue weighted by atomic mass is 15.3. The van der Waals surface area contributed by atoms with E-state index in [0.717, 1.165) is 0 Å². The summed E-state index contributed by atoms with van der Waals surface area (Å²) in [5, 5.41) is 2.74. The average Bonchev–Trinajstić information content (AvgIpc) is 1.99. The van der Waals surface area contributed by atoms with Crippen molar-refractivity contribution < 1.29 is 4.57 Å². The molecule has 0 bridgehead atoms. The molecule has 0 radical (unpaired) electrons. The Hall–Kier alpha value is -1.59. The van der Waals surface area contributed by atoms with Crippen molar-refractivity contribution in [3.05, 3.63) is 0 Å².